The predicted molar refractivity (Wildman–Crippen MR) is 67.1 cm³/mol. The number of ether oxygens (including phenoxy) is 1. The van der Waals surface area contributed by atoms with Gasteiger partial charge in [0, 0.05) is 18.5 Å². The molecule has 0 aromatic carbocycles. The largest absolute Gasteiger partial charge is 0.414 e. The summed E-state index contributed by atoms with van der Waals surface area (Å²) in [7, 11) is 0. The molecule has 130 valence electrons. The molecule has 0 aromatic rings. The molecule has 0 saturated carbocycles. The van der Waals surface area contributed by atoms with E-state index in [1.54, 1.807) is 4.90 Å². The van der Waals surface area contributed by atoms with Gasteiger partial charge in [0.05, 0.1) is 12.0 Å². The fourth-order valence-corrected chi connectivity index (χ4v) is 3.38. The van der Waals surface area contributed by atoms with Crippen molar-refractivity contribution < 1.29 is 31.1 Å². The molecule has 9 heteroatoms. The van der Waals surface area contributed by atoms with Gasteiger partial charge in [0.1, 0.15) is 0 Å². The number of piperidine rings is 1. The van der Waals surface area contributed by atoms with Crippen LogP contribution >= 0.6 is 0 Å². The first-order valence-corrected chi connectivity index (χ1v) is 7.22. The van der Waals surface area contributed by atoms with E-state index in [4.69, 9.17) is 10.5 Å². The van der Waals surface area contributed by atoms with E-state index in [0.29, 0.717) is 0 Å². The maximum absolute atomic E-state index is 13.3. The number of halogens is 6. The molecule has 0 spiro atoms. The summed E-state index contributed by atoms with van der Waals surface area (Å²) in [5.74, 6) is 0. The minimum absolute atomic E-state index is 0.0830. The van der Waals surface area contributed by atoms with E-state index in [9.17, 15) is 26.3 Å². The maximum Gasteiger partial charge on any atom is 0.414 e. The summed E-state index contributed by atoms with van der Waals surface area (Å²) in [6.07, 6.45) is -11.3. The summed E-state index contributed by atoms with van der Waals surface area (Å²) in [6, 6.07) is -1.52. The minimum Gasteiger partial charge on any atom is -0.367 e. The lowest BCUT2D eigenvalue weighted by atomic mass is 9.72. The van der Waals surface area contributed by atoms with Crippen LogP contribution in [-0.4, -0.2) is 55.1 Å². The van der Waals surface area contributed by atoms with E-state index < -0.39 is 36.0 Å². The molecule has 2 N–H and O–H groups in total. The normalized spacial score (nSPS) is 32.2. The number of hydrogen-bond acceptors (Lipinski definition) is 3. The van der Waals surface area contributed by atoms with E-state index in [1.165, 1.54) is 6.92 Å². The van der Waals surface area contributed by atoms with Crippen molar-refractivity contribution in [1.29, 1.82) is 0 Å². The van der Waals surface area contributed by atoms with Crippen molar-refractivity contribution in [2.24, 2.45) is 11.1 Å². The van der Waals surface area contributed by atoms with Gasteiger partial charge in [0.2, 0.25) is 0 Å². The van der Waals surface area contributed by atoms with Gasteiger partial charge in [-0.2, -0.15) is 26.3 Å². The quantitative estimate of drug-likeness (QED) is 0.789. The molecular formula is C13H20F6N2O. The summed E-state index contributed by atoms with van der Waals surface area (Å²) >= 11 is 0. The second-order valence-electron chi connectivity index (χ2n) is 6.23. The van der Waals surface area contributed by atoms with Crippen LogP contribution in [0.3, 0.4) is 0 Å². The number of nitrogens with two attached hydrogens (primary N) is 1. The topological polar surface area (TPSA) is 38.5 Å². The molecule has 3 nitrogen and oxygen atoms in total. The summed E-state index contributed by atoms with van der Waals surface area (Å²) < 4.78 is 82.4. The van der Waals surface area contributed by atoms with Crippen LogP contribution in [0.1, 0.15) is 26.2 Å². The monoisotopic (exact) mass is 334 g/mol. The van der Waals surface area contributed by atoms with Crippen LogP contribution in [0.15, 0.2) is 0 Å². The van der Waals surface area contributed by atoms with Crippen molar-refractivity contribution in [2.45, 2.75) is 56.7 Å². The van der Waals surface area contributed by atoms with Gasteiger partial charge >= 0.3 is 12.4 Å². The maximum atomic E-state index is 13.3. The molecule has 2 saturated heterocycles. The van der Waals surface area contributed by atoms with Gasteiger partial charge in [0.25, 0.3) is 0 Å². The SMILES string of the molecule is CC(N)C1(C(F)(F)F)CCN(C2COC(C(F)(F)F)C2)CC1. The van der Waals surface area contributed by atoms with Crippen LogP contribution in [0.25, 0.3) is 0 Å². The van der Waals surface area contributed by atoms with Gasteiger partial charge in [-0.1, -0.05) is 0 Å². The first kappa shape index (κ1) is 17.8. The smallest absolute Gasteiger partial charge is 0.367 e. The Bertz CT molecular complexity index is 387. The van der Waals surface area contributed by atoms with Crippen molar-refractivity contribution >= 4 is 0 Å². The molecule has 3 atom stereocenters. The molecule has 22 heavy (non-hydrogen) atoms. The molecule has 2 fully saturated rings. The Morgan fingerprint density at radius 3 is 2.05 bits per heavy atom. The minimum atomic E-state index is -4.42. The summed E-state index contributed by atoms with van der Waals surface area (Å²) in [5.41, 5.74) is 3.60. The zero-order valence-corrected chi connectivity index (χ0v) is 12.2. The Balaban J connectivity index is 1.98. The van der Waals surface area contributed by atoms with E-state index in [2.05, 4.69) is 0 Å². The third kappa shape index (κ3) is 3.21. The molecule has 0 aromatic heterocycles. The molecule has 2 aliphatic heterocycles. The highest BCUT2D eigenvalue weighted by Gasteiger charge is 2.58. The molecule has 2 heterocycles. The highest BCUT2D eigenvalue weighted by atomic mass is 19.4. The number of hydrogen-bond donors (Lipinski definition) is 1. The average molecular weight is 334 g/mol. The van der Waals surface area contributed by atoms with Crippen LogP contribution in [-0.2, 0) is 4.74 Å². The third-order valence-corrected chi connectivity index (χ3v) is 4.98. The van der Waals surface area contributed by atoms with E-state index in [1.807, 2.05) is 0 Å². The molecule has 2 rings (SSSR count). The highest BCUT2D eigenvalue weighted by Crippen LogP contribution is 2.48. The van der Waals surface area contributed by atoms with Crippen LogP contribution in [0.5, 0.6) is 0 Å². The van der Waals surface area contributed by atoms with Gasteiger partial charge in [-0.25, -0.2) is 0 Å². The average Bonchev–Trinajstić information content (AvgIpc) is 2.86. The fourth-order valence-electron chi connectivity index (χ4n) is 3.38. The number of alkyl halides is 6. The first-order chi connectivity index (χ1) is 9.97. The van der Waals surface area contributed by atoms with Crippen molar-refractivity contribution in [1.82, 2.24) is 4.90 Å². The first-order valence-electron chi connectivity index (χ1n) is 7.22. The number of nitrogens with zero attached hydrogens (tertiary/aromatic N) is 1. The molecule has 0 radical (unpaired) electrons. The van der Waals surface area contributed by atoms with E-state index in [0.717, 1.165) is 0 Å². The Morgan fingerprint density at radius 2 is 1.68 bits per heavy atom. The lowest BCUT2D eigenvalue weighted by molar-refractivity contribution is -0.245. The molecular weight excluding hydrogens is 314 g/mol. The van der Waals surface area contributed by atoms with Gasteiger partial charge in [-0.15, -0.1) is 0 Å². The Hall–Kier alpha value is -0.540. The predicted octanol–water partition coefficient (Wildman–Crippen LogP) is 2.70. The Kier molecular flexibility index (Phi) is 4.72. The standard InChI is InChI=1S/C13H20F6N2O/c1-8(20)11(13(17,18)19)2-4-21(5-3-11)9-6-10(22-7-9)12(14,15)16/h8-10H,2-7,20H2,1H3. The van der Waals surface area contributed by atoms with E-state index >= 15 is 0 Å². The third-order valence-electron chi connectivity index (χ3n) is 4.98. The van der Waals surface area contributed by atoms with Crippen molar-refractivity contribution in [2.75, 3.05) is 19.7 Å². The Morgan fingerprint density at radius 1 is 1.14 bits per heavy atom. The van der Waals surface area contributed by atoms with E-state index in [-0.39, 0.29) is 39.0 Å². The number of rotatable bonds is 2. The molecule has 2 aliphatic rings. The zero-order chi connectivity index (χ0) is 16.8. The van der Waals surface area contributed by atoms with Crippen LogP contribution in [0, 0.1) is 5.41 Å². The molecule has 0 aliphatic carbocycles. The second kappa shape index (κ2) is 5.83. The van der Waals surface area contributed by atoms with Crippen molar-refractivity contribution in [3.05, 3.63) is 0 Å². The lowest BCUT2D eigenvalue weighted by Gasteiger charge is -2.46. The van der Waals surface area contributed by atoms with Gasteiger partial charge in [-0.3, -0.25) is 4.90 Å². The summed E-state index contributed by atoms with van der Waals surface area (Å²) in [5, 5.41) is 0. The number of likely N-dealkylation sites (tertiary alicyclic amines) is 1. The zero-order valence-electron chi connectivity index (χ0n) is 12.2. The summed E-state index contributed by atoms with van der Waals surface area (Å²) in [4.78, 5) is 1.66. The molecule has 0 amide bonds. The van der Waals surface area contributed by atoms with Gasteiger partial charge < -0.3 is 10.5 Å². The van der Waals surface area contributed by atoms with Crippen molar-refractivity contribution in [3.8, 4) is 0 Å². The summed E-state index contributed by atoms with van der Waals surface area (Å²) in [6.45, 7) is 1.40. The van der Waals surface area contributed by atoms with Gasteiger partial charge in [-0.05, 0) is 32.9 Å². The highest BCUT2D eigenvalue weighted by molar-refractivity contribution is 4.99. The molecule has 0 bridgehead atoms. The second-order valence-corrected chi connectivity index (χ2v) is 6.23. The fraction of sp³-hybridized carbons (Fsp3) is 1.00. The lowest BCUT2D eigenvalue weighted by Crippen LogP contribution is -2.57. The van der Waals surface area contributed by atoms with Crippen LogP contribution < -0.4 is 5.73 Å². The Labute approximate surface area is 124 Å². The van der Waals surface area contributed by atoms with Crippen LogP contribution in [0.4, 0.5) is 26.3 Å². The molecule has 3 unspecified atom stereocenters. The van der Waals surface area contributed by atoms with Gasteiger partial charge in [0.15, 0.2) is 6.10 Å². The van der Waals surface area contributed by atoms with Crippen LogP contribution in [0.2, 0.25) is 0 Å². The van der Waals surface area contributed by atoms with Crippen molar-refractivity contribution in [3.63, 3.8) is 0 Å².